The molecule has 2 rings (SSSR count). The van der Waals surface area contributed by atoms with Crippen molar-refractivity contribution in [3.05, 3.63) is 29.8 Å². The number of carbonyl (C=O) groups is 1. The van der Waals surface area contributed by atoms with Gasteiger partial charge in [0.05, 0.1) is 0 Å². The average Bonchev–Trinajstić information content (AvgIpc) is 2.81. The van der Waals surface area contributed by atoms with Crippen LogP contribution in [-0.2, 0) is 0 Å². The highest BCUT2D eigenvalue weighted by atomic mass is 16.2. The molecule has 1 fully saturated rings. The summed E-state index contributed by atoms with van der Waals surface area (Å²) in [6, 6.07) is 8.32. The van der Waals surface area contributed by atoms with Gasteiger partial charge in [0.2, 0.25) is 0 Å². The minimum atomic E-state index is -0.131. The standard InChI is InChI=1S/C17H27N3O/c1-11(18-6)12-7-9-13(10-8-12)19-15(21)20-14-16(2,3)17(14,4)5/h7-11,14,18H,1-6H3,(H2,19,20,21). The molecule has 2 amide bonds. The minimum Gasteiger partial charge on any atom is -0.334 e. The Bertz CT molecular complexity index is 505. The fourth-order valence-electron chi connectivity index (χ4n) is 2.88. The first kappa shape index (κ1) is 15.8. The summed E-state index contributed by atoms with van der Waals surface area (Å²) in [4.78, 5) is 12.1. The van der Waals surface area contributed by atoms with Gasteiger partial charge < -0.3 is 16.0 Å². The van der Waals surface area contributed by atoms with Crippen molar-refractivity contribution in [2.45, 2.75) is 46.7 Å². The second-order valence-electron chi connectivity index (χ2n) is 7.11. The number of amides is 2. The first-order chi connectivity index (χ1) is 9.70. The average molecular weight is 289 g/mol. The predicted octanol–water partition coefficient (Wildman–Crippen LogP) is 3.52. The van der Waals surface area contributed by atoms with E-state index in [1.54, 1.807) is 0 Å². The van der Waals surface area contributed by atoms with Crippen LogP contribution in [-0.4, -0.2) is 19.1 Å². The lowest BCUT2D eigenvalue weighted by molar-refractivity contribution is 0.250. The number of carbonyl (C=O) groups excluding carboxylic acids is 1. The van der Waals surface area contributed by atoms with Crippen LogP contribution in [0.15, 0.2) is 24.3 Å². The molecule has 0 aromatic heterocycles. The van der Waals surface area contributed by atoms with Crippen molar-refractivity contribution in [1.29, 1.82) is 0 Å². The summed E-state index contributed by atoms with van der Waals surface area (Å²) in [5.74, 6) is 0. The Morgan fingerprint density at radius 3 is 2.05 bits per heavy atom. The Morgan fingerprint density at radius 2 is 1.62 bits per heavy atom. The van der Waals surface area contributed by atoms with Gasteiger partial charge in [-0.1, -0.05) is 39.8 Å². The molecule has 0 heterocycles. The van der Waals surface area contributed by atoms with Crippen molar-refractivity contribution >= 4 is 11.7 Å². The van der Waals surface area contributed by atoms with Crippen LogP contribution in [0.2, 0.25) is 0 Å². The van der Waals surface area contributed by atoms with Crippen molar-refractivity contribution in [1.82, 2.24) is 10.6 Å². The van der Waals surface area contributed by atoms with Crippen LogP contribution in [0.5, 0.6) is 0 Å². The van der Waals surface area contributed by atoms with Crippen LogP contribution in [0.1, 0.15) is 46.2 Å². The van der Waals surface area contributed by atoms with Crippen LogP contribution in [0.4, 0.5) is 10.5 Å². The third-order valence-electron chi connectivity index (χ3n) is 5.40. The number of rotatable bonds is 4. The molecule has 1 aliphatic carbocycles. The third kappa shape index (κ3) is 2.91. The summed E-state index contributed by atoms with van der Waals surface area (Å²) in [5.41, 5.74) is 2.32. The molecule has 1 aromatic rings. The van der Waals surface area contributed by atoms with Crippen molar-refractivity contribution in [3.8, 4) is 0 Å². The maximum Gasteiger partial charge on any atom is 0.319 e. The normalized spacial score (nSPS) is 20.7. The first-order valence-electron chi connectivity index (χ1n) is 7.55. The van der Waals surface area contributed by atoms with Crippen LogP contribution < -0.4 is 16.0 Å². The summed E-state index contributed by atoms with van der Waals surface area (Å²) in [5, 5.41) is 9.17. The van der Waals surface area contributed by atoms with E-state index in [1.165, 1.54) is 5.56 Å². The highest BCUT2D eigenvalue weighted by Crippen LogP contribution is 2.62. The Kier molecular flexibility index (Phi) is 4.02. The van der Waals surface area contributed by atoms with Crippen LogP contribution in [0, 0.1) is 10.8 Å². The van der Waals surface area contributed by atoms with Gasteiger partial charge in [-0.05, 0) is 42.5 Å². The molecule has 1 aromatic carbocycles. The number of anilines is 1. The molecule has 1 unspecified atom stereocenters. The smallest absolute Gasteiger partial charge is 0.319 e. The maximum atomic E-state index is 12.1. The SMILES string of the molecule is CNC(C)c1ccc(NC(=O)NC2C(C)(C)C2(C)C)cc1. The second-order valence-corrected chi connectivity index (χ2v) is 7.11. The Balaban J connectivity index is 1.92. The number of hydrogen-bond donors (Lipinski definition) is 3. The monoisotopic (exact) mass is 289 g/mol. The summed E-state index contributed by atoms with van der Waals surface area (Å²) >= 11 is 0. The number of benzene rings is 1. The van der Waals surface area contributed by atoms with Crippen LogP contribution in [0.25, 0.3) is 0 Å². The van der Waals surface area contributed by atoms with Crippen molar-refractivity contribution < 1.29 is 4.79 Å². The van der Waals surface area contributed by atoms with Crippen molar-refractivity contribution in [3.63, 3.8) is 0 Å². The second kappa shape index (κ2) is 5.34. The van der Waals surface area contributed by atoms with Gasteiger partial charge in [0.15, 0.2) is 0 Å². The van der Waals surface area contributed by atoms with E-state index in [0.717, 1.165) is 5.69 Å². The van der Waals surface area contributed by atoms with E-state index in [4.69, 9.17) is 0 Å². The molecule has 4 heteroatoms. The van der Waals surface area contributed by atoms with E-state index in [-0.39, 0.29) is 22.9 Å². The predicted molar refractivity (Wildman–Crippen MR) is 87.4 cm³/mol. The molecule has 1 saturated carbocycles. The molecule has 116 valence electrons. The van der Waals surface area contributed by atoms with Gasteiger partial charge in [-0.3, -0.25) is 0 Å². The first-order valence-corrected chi connectivity index (χ1v) is 7.55. The van der Waals surface area contributed by atoms with Gasteiger partial charge in [-0.25, -0.2) is 4.79 Å². The summed E-state index contributed by atoms with van der Waals surface area (Å²) in [6.45, 7) is 10.8. The van der Waals surface area contributed by atoms with E-state index in [2.05, 4.69) is 50.6 Å². The molecule has 0 saturated heterocycles. The summed E-state index contributed by atoms with van der Waals surface area (Å²) in [6.07, 6.45) is 0. The largest absolute Gasteiger partial charge is 0.334 e. The lowest BCUT2D eigenvalue weighted by atomic mass is 10.0. The molecule has 1 atom stereocenters. The Labute approximate surface area is 127 Å². The van der Waals surface area contributed by atoms with Gasteiger partial charge in [-0.2, -0.15) is 0 Å². The summed E-state index contributed by atoms with van der Waals surface area (Å²) in [7, 11) is 1.93. The maximum absolute atomic E-state index is 12.1. The topological polar surface area (TPSA) is 53.2 Å². The molecule has 1 aliphatic rings. The fraction of sp³-hybridized carbons (Fsp3) is 0.588. The third-order valence-corrected chi connectivity index (χ3v) is 5.40. The molecular weight excluding hydrogens is 262 g/mol. The molecule has 0 bridgehead atoms. The number of urea groups is 1. The van der Waals surface area contributed by atoms with Gasteiger partial charge >= 0.3 is 6.03 Å². The summed E-state index contributed by atoms with van der Waals surface area (Å²) < 4.78 is 0. The van der Waals surface area contributed by atoms with Crippen molar-refractivity contribution in [2.75, 3.05) is 12.4 Å². The Morgan fingerprint density at radius 1 is 1.10 bits per heavy atom. The Hall–Kier alpha value is -1.55. The van der Waals surface area contributed by atoms with Crippen molar-refractivity contribution in [2.24, 2.45) is 10.8 Å². The van der Waals surface area contributed by atoms with E-state index in [9.17, 15) is 4.79 Å². The molecular formula is C17H27N3O. The molecule has 4 nitrogen and oxygen atoms in total. The highest BCUT2D eigenvalue weighted by Gasteiger charge is 2.65. The minimum absolute atomic E-state index is 0.131. The number of nitrogens with one attached hydrogen (secondary N) is 3. The van der Waals surface area contributed by atoms with Gasteiger partial charge in [0, 0.05) is 17.8 Å². The molecule has 0 spiro atoms. The lowest BCUT2D eigenvalue weighted by Crippen LogP contribution is -2.33. The molecule has 0 radical (unpaired) electrons. The zero-order valence-corrected chi connectivity index (χ0v) is 13.9. The van der Waals surface area contributed by atoms with E-state index >= 15 is 0 Å². The van der Waals surface area contributed by atoms with Gasteiger partial charge in [-0.15, -0.1) is 0 Å². The quantitative estimate of drug-likeness (QED) is 0.794. The van der Waals surface area contributed by atoms with E-state index in [1.807, 2.05) is 31.3 Å². The van der Waals surface area contributed by atoms with Crippen LogP contribution >= 0.6 is 0 Å². The fourth-order valence-corrected chi connectivity index (χ4v) is 2.88. The molecule has 0 aliphatic heterocycles. The van der Waals surface area contributed by atoms with Gasteiger partial charge in [0.1, 0.15) is 0 Å². The number of hydrogen-bond acceptors (Lipinski definition) is 2. The van der Waals surface area contributed by atoms with E-state index < -0.39 is 0 Å². The lowest BCUT2D eigenvalue weighted by Gasteiger charge is -2.12. The highest BCUT2D eigenvalue weighted by molar-refractivity contribution is 5.89. The molecule has 3 N–H and O–H groups in total. The van der Waals surface area contributed by atoms with Gasteiger partial charge in [0.25, 0.3) is 0 Å². The van der Waals surface area contributed by atoms with E-state index in [0.29, 0.717) is 6.04 Å². The zero-order chi connectivity index (χ0) is 15.8. The zero-order valence-electron chi connectivity index (χ0n) is 13.9. The van der Waals surface area contributed by atoms with Crippen LogP contribution in [0.3, 0.4) is 0 Å². The molecule has 21 heavy (non-hydrogen) atoms.